The Bertz CT molecular complexity index is 3710. The first-order chi connectivity index (χ1) is 53.6. The van der Waals surface area contributed by atoms with Crippen LogP contribution in [-0.2, 0) is 71.9 Å². The van der Waals surface area contributed by atoms with Gasteiger partial charge in [0, 0.05) is 38.5 Å². The number of hydrogen-bond donors (Lipinski definition) is 19. The number of nitrogens with one attached hydrogen (secondary N) is 11. The zero-order chi connectivity index (χ0) is 85.6. The number of anilines is 1. The maximum atomic E-state index is 15.0. The molecule has 14 atom stereocenters. The number of aliphatic hydroxyl groups is 1. The average molecular weight is 1600 g/mol. The van der Waals surface area contributed by atoms with Crippen LogP contribution in [-0.4, -0.2) is 202 Å². The Morgan fingerprint density at radius 3 is 1.60 bits per heavy atom. The Morgan fingerprint density at radius 2 is 1.05 bits per heavy atom. The number of guanidine groups is 2. The summed E-state index contributed by atoms with van der Waals surface area (Å²) >= 11 is 0. The van der Waals surface area contributed by atoms with Crippen molar-refractivity contribution in [3.05, 3.63) is 54.6 Å². The number of aliphatic hydroxyl groups excluding tert-OH is 1. The predicted octanol–water partition coefficient (Wildman–Crippen LogP) is -0.888. The second-order valence-corrected chi connectivity index (χ2v) is 30.2. The quantitative estimate of drug-likeness (QED) is 0.0167. The van der Waals surface area contributed by atoms with Crippen molar-refractivity contribution in [2.45, 2.75) is 270 Å². The number of fused-ring (bicyclic) bond motifs is 1. The summed E-state index contributed by atoms with van der Waals surface area (Å²) in [5.74, 6) is -15.7. The van der Waals surface area contributed by atoms with E-state index in [-0.39, 0.29) is 145 Å². The molecule has 0 bridgehead atoms. The van der Waals surface area contributed by atoms with Crippen molar-refractivity contribution in [1.82, 2.24) is 58.5 Å². The third-order valence-corrected chi connectivity index (χ3v) is 18.9. The molecule has 25 N–H and O–H groups in total. The summed E-state index contributed by atoms with van der Waals surface area (Å²) in [6.45, 7) is 17.6. The van der Waals surface area contributed by atoms with Gasteiger partial charge in [0.25, 0.3) is 0 Å². The summed E-state index contributed by atoms with van der Waals surface area (Å²) in [6.07, 6.45) is 0.961. The van der Waals surface area contributed by atoms with Crippen molar-refractivity contribution in [2.24, 2.45) is 68.1 Å². The van der Waals surface area contributed by atoms with Gasteiger partial charge in [-0.3, -0.25) is 82.0 Å². The Balaban J connectivity index is 2.18. The smallest absolute Gasteiger partial charge is 0.326 e. The lowest BCUT2D eigenvalue weighted by Gasteiger charge is -2.32. The number of aliphatic imine (C=N–C) groups is 2. The van der Waals surface area contributed by atoms with E-state index in [1.54, 1.807) is 97.9 Å². The lowest BCUT2D eigenvalue weighted by atomic mass is 9.96. The highest BCUT2D eigenvalue weighted by atomic mass is 16.4. The summed E-state index contributed by atoms with van der Waals surface area (Å²) in [4.78, 5) is 219. The maximum Gasteiger partial charge on any atom is 0.326 e. The number of nitrogens with two attached hydrogens (primary N) is 6. The fraction of sp³-hybridized carbons (Fsp3) is 0.623. The normalized spacial score (nSPS) is 19.3. The fourth-order valence-electron chi connectivity index (χ4n) is 12.6. The summed E-state index contributed by atoms with van der Waals surface area (Å²) in [5, 5.41) is 52.0. The molecule has 0 fully saturated rings. The van der Waals surface area contributed by atoms with Crippen LogP contribution in [0.25, 0.3) is 10.8 Å². The first kappa shape index (κ1) is 97.2. The first-order valence-corrected chi connectivity index (χ1v) is 39.0. The van der Waals surface area contributed by atoms with Gasteiger partial charge in [-0.2, -0.15) is 0 Å². The summed E-state index contributed by atoms with van der Waals surface area (Å²) in [5.41, 5.74) is 33.8. The molecule has 2 aromatic carbocycles. The lowest BCUT2D eigenvalue weighted by molar-refractivity contribution is -0.140. The molecule has 37 heteroatoms. The van der Waals surface area contributed by atoms with Gasteiger partial charge in [-0.05, 0) is 157 Å². The van der Waals surface area contributed by atoms with Gasteiger partial charge in [0.15, 0.2) is 11.9 Å². The van der Waals surface area contributed by atoms with Crippen LogP contribution in [0.15, 0.2) is 64.6 Å². The van der Waals surface area contributed by atoms with Crippen molar-refractivity contribution >= 4 is 117 Å². The molecule has 37 nitrogen and oxygen atoms in total. The second-order valence-electron chi connectivity index (χ2n) is 30.2. The van der Waals surface area contributed by atoms with Crippen LogP contribution < -0.4 is 97.8 Å². The highest BCUT2D eigenvalue weighted by Crippen LogP contribution is 2.27. The Hall–Kier alpha value is -11.0. The highest BCUT2D eigenvalue weighted by Gasteiger charge is 2.40. The molecule has 0 saturated heterocycles. The number of allylic oxidation sites excluding steroid dienone is 2. The molecule has 1 aliphatic heterocycles. The minimum Gasteiger partial charge on any atom is -0.480 e. The van der Waals surface area contributed by atoms with Gasteiger partial charge in [0.2, 0.25) is 82.7 Å². The molecule has 1 heterocycles. The predicted molar refractivity (Wildman–Crippen MR) is 428 cm³/mol. The van der Waals surface area contributed by atoms with Gasteiger partial charge in [0.1, 0.15) is 72.5 Å². The van der Waals surface area contributed by atoms with Crippen LogP contribution in [0.5, 0.6) is 0 Å². The van der Waals surface area contributed by atoms with E-state index in [0.717, 1.165) is 10.3 Å². The molecule has 0 saturated carbocycles. The summed E-state index contributed by atoms with van der Waals surface area (Å²) in [6, 6.07) is -5.50. The first-order valence-electron chi connectivity index (χ1n) is 39.0. The van der Waals surface area contributed by atoms with Gasteiger partial charge in [-0.15, -0.1) is 0 Å². The van der Waals surface area contributed by atoms with Crippen LogP contribution in [0, 0.1) is 23.7 Å². The Kier molecular flexibility index (Phi) is 42.2. The minimum atomic E-state index is -1.82. The van der Waals surface area contributed by atoms with Crippen LogP contribution >= 0.6 is 0 Å². The zero-order valence-corrected chi connectivity index (χ0v) is 67.5. The van der Waals surface area contributed by atoms with Crippen LogP contribution in [0.3, 0.4) is 0 Å². The standard InChI is InChI=1S/C77H124N20O17/c1-12-44(8)62-72(110)92-55(31-33-60(78)100)67(105)89-53(27-21-35-84-76(80)81)64(102)87-51(66(104)94-59(39-43(6)7)74(112)97(45(9)75(113)114)50-30-29-48-23-19-20-24-49(48)40-50)25-17-15-13-14-16-18-26-52(68(106)95-62)88-65(103)54(28-22-36-85-77(82)83)90-71(109)58(38-42(4)5)93-73(111)63(46(10)98)96-69(107)56(32-34-61(79)101)91-70(108)57(37-41(2)3)86-47(11)99/h13-14,19-20,23-24,29-30,40-46,51-59,62-63,98H,12,15-18,21-22,25-28,31-39H2,1-11H3,(H2,78,100)(H2,79,101)(H,86,99)(H,87,102)(H,88,103)(H,89,105)(H,90,109)(H,91,108)(H,92,110)(H,93,111)(H,94,104)(H,95,106)(H,96,107)(H,113,114)(H4,80,81,84)(H4,82,83,85)/b14-13-/t44-,45-,46+,51-,52-,53-,54-,55-,56-,57-,58-,59-,62-,63-/m0/s1. The van der Waals surface area contributed by atoms with Crippen molar-refractivity contribution < 1.29 is 82.1 Å². The van der Waals surface area contributed by atoms with Crippen LogP contribution in [0.2, 0.25) is 0 Å². The monoisotopic (exact) mass is 1600 g/mol. The van der Waals surface area contributed by atoms with E-state index in [1.165, 1.54) is 20.8 Å². The topological polar surface area (TPSA) is 613 Å². The number of benzene rings is 2. The number of primary amides is 2. The van der Waals surface area contributed by atoms with Crippen molar-refractivity contribution in [1.29, 1.82) is 0 Å². The molecule has 0 aliphatic carbocycles. The number of nitrogens with zero attached hydrogens (tertiary/aromatic N) is 3. The van der Waals surface area contributed by atoms with Crippen molar-refractivity contribution in [3.8, 4) is 0 Å². The minimum absolute atomic E-state index is 0.0207. The third kappa shape index (κ3) is 34.9. The van der Waals surface area contributed by atoms with E-state index < -0.39 is 192 Å². The lowest BCUT2D eigenvalue weighted by Crippen LogP contribution is -2.62. The number of rotatable bonds is 40. The molecular formula is C77H124N20O17. The molecular weight excluding hydrogens is 1480 g/mol. The van der Waals surface area contributed by atoms with E-state index in [1.807, 2.05) is 12.1 Å². The number of aliphatic carboxylic acids is 1. The summed E-state index contributed by atoms with van der Waals surface area (Å²) < 4.78 is 0. The molecule has 3 rings (SSSR count). The third-order valence-electron chi connectivity index (χ3n) is 18.9. The van der Waals surface area contributed by atoms with E-state index in [0.29, 0.717) is 5.39 Å². The number of hydrogen-bond acceptors (Lipinski definition) is 18. The number of carbonyl (C=O) groups is 15. The molecule has 0 spiro atoms. The van der Waals surface area contributed by atoms with Crippen molar-refractivity contribution in [3.63, 3.8) is 0 Å². The van der Waals surface area contributed by atoms with Crippen LogP contribution in [0.4, 0.5) is 5.69 Å². The SMILES string of the molecule is CC[C@H](C)[C@@H]1NC(=O)[C@@H](NC(=O)[C@H](CCCN=C(N)N)NC(=O)[C@H](CC(C)C)NC(=O)[C@@H](NC(=O)[C@H](CCC(N)=O)NC(=O)[C@H](CC(C)C)NC(C)=O)[C@@H](C)O)CCC/C=C\CCC[C@@H](C(=O)N[C@@H](CC(C)C)C(=O)N(c2ccc3ccccc3c2)[C@@H](C)C(=O)O)NC(=O)[C@H](CCCN=C(N)N)NC(=O)[C@H](CCC(N)=O)NC1=O. The average Bonchev–Trinajstić information content (AvgIpc) is 0.798. The van der Waals surface area contributed by atoms with Gasteiger partial charge >= 0.3 is 5.97 Å². The van der Waals surface area contributed by atoms with Crippen LogP contribution in [0.1, 0.15) is 192 Å². The number of carboxylic acids is 1. The molecule has 0 radical (unpaired) electrons. The van der Waals surface area contributed by atoms with Gasteiger partial charge in [-0.25, -0.2) is 4.79 Å². The van der Waals surface area contributed by atoms with E-state index >= 15 is 0 Å². The van der Waals surface area contributed by atoms with Gasteiger partial charge in [0.05, 0.1) is 6.10 Å². The molecule has 634 valence electrons. The molecule has 0 aromatic heterocycles. The van der Waals surface area contributed by atoms with Gasteiger partial charge in [-0.1, -0.05) is 104 Å². The summed E-state index contributed by atoms with van der Waals surface area (Å²) in [7, 11) is 0. The molecule has 14 amide bonds. The zero-order valence-electron chi connectivity index (χ0n) is 67.5. The van der Waals surface area contributed by atoms with Gasteiger partial charge < -0.3 is 103 Å². The number of carbonyl (C=O) groups excluding carboxylic acids is 14. The highest BCUT2D eigenvalue weighted by molar-refractivity contribution is 6.06. The Morgan fingerprint density at radius 1 is 0.544 bits per heavy atom. The largest absolute Gasteiger partial charge is 0.480 e. The van der Waals surface area contributed by atoms with E-state index in [4.69, 9.17) is 34.4 Å². The number of amides is 14. The molecule has 1 aliphatic rings. The molecule has 2 aromatic rings. The Labute approximate surface area is 666 Å². The second kappa shape index (κ2) is 49.5. The van der Waals surface area contributed by atoms with Crippen molar-refractivity contribution in [2.75, 3.05) is 18.0 Å². The number of carboxylic acid groups (broad SMARTS) is 1. The van der Waals surface area contributed by atoms with E-state index in [9.17, 15) is 82.1 Å². The van der Waals surface area contributed by atoms with E-state index in [2.05, 4.69) is 68.5 Å². The fourth-order valence-corrected chi connectivity index (χ4v) is 12.6. The maximum absolute atomic E-state index is 15.0. The molecule has 0 unspecified atom stereocenters. The molecule has 114 heavy (non-hydrogen) atoms.